The van der Waals surface area contributed by atoms with E-state index >= 15 is 0 Å². The van der Waals surface area contributed by atoms with Crippen LogP contribution in [0.15, 0.2) is 47.4 Å². The molecule has 1 saturated heterocycles. The van der Waals surface area contributed by atoms with E-state index < -0.39 is 11.6 Å². The van der Waals surface area contributed by atoms with Crippen molar-refractivity contribution in [2.75, 3.05) is 18.0 Å². The minimum Gasteiger partial charge on any atom is -0.367 e. The fourth-order valence-electron chi connectivity index (χ4n) is 4.19. The minimum absolute atomic E-state index is 0.125. The van der Waals surface area contributed by atoms with Gasteiger partial charge in [-0.25, -0.2) is 23.7 Å². The number of nitrogens with zero attached hydrogens (tertiary/aromatic N) is 4. The molecular formula is C25H23F2N5O2. The molecule has 34 heavy (non-hydrogen) atoms. The topological polar surface area (TPSA) is 84.0 Å². The number of ether oxygens (including phenoxy) is 1. The van der Waals surface area contributed by atoms with Crippen LogP contribution in [0.3, 0.4) is 0 Å². The van der Waals surface area contributed by atoms with Crippen molar-refractivity contribution in [1.29, 1.82) is 0 Å². The number of H-pyrrole nitrogens is 1. The lowest BCUT2D eigenvalue weighted by Crippen LogP contribution is -2.43. The lowest BCUT2D eigenvalue weighted by Gasteiger charge is -2.37. The predicted octanol–water partition coefficient (Wildman–Crippen LogP) is 4.24. The van der Waals surface area contributed by atoms with Gasteiger partial charge in [-0.1, -0.05) is 0 Å². The Labute approximate surface area is 194 Å². The van der Waals surface area contributed by atoms with Gasteiger partial charge in [0, 0.05) is 43.0 Å². The second-order valence-corrected chi connectivity index (χ2v) is 8.54. The van der Waals surface area contributed by atoms with E-state index in [0.717, 1.165) is 17.3 Å². The van der Waals surface area contributed by atoms with Gasteiger partial charge in [-0.3, -0.25) is 4.79 Å². The molecule has 0 radical (unpaired) electrons. The van der Waals surface area contributed by atoms with Crippen LogP contribution in [0, 0.1) is 25.5 Å². The van der Waals surface area contributed by atoms with E-state index in [9.17, 15) is 13.6 Å². The third-order valence-electron chi connectivity index (χ3n) is 6.00. The predicted molar refractivity (Wildman–Crippen MR) is 125 cm³/mol. The van der Waals surface area contributed by atoms with Crippen molar-refractivity contribution >= 4 is 16.9 Å². The van der Waals surface area contributed by atoms with Gasteiger partial charge in [-0.2, -0.15) is 0 Å². The van der Waals surface area contributed by atoms with Gasteiger partial charge in [0.1, 0.15) is 34.8 Å². The average molecular weight is 463 g/mol. The molecule has 1 aliphatic heterocycles. The summed E-state index contributed by atoms with van der Waals surface area (Å²) in [5.41, 5.74) is 3.62. The molecule has 0 aliphatic carbocycles. The highest BCUT2D eigenvalue weighted by atomic mass is 19.1. The van der Waals surface area contributed by atoms with Gasteiger partial charge in [0.05, 0.1) is 23.0 Å². The van der Waals surface area contributed by atoms with Crippen molar-refractivity contribution in [1.82, 2.24) is 19.9 Å². The van der Waals surface area contributed by atoms with E-state index in [2.05, 4.69) is 15.0 Å². The number of rotatable bonds is 3. The minimum atomic E-state index is -0.715. The summed E-state index contributed by atoms with van der Waals surface area (Å²) in [7, 11) is 0. The number of nitrogens with one attached hydrogen (secondary N) is 1. The highest BCUT2D eigenvalue weighted by Gasteiger charge is 2.29. The summed E-state index contributed by atoms with van der Waals surface area (Å²) in [5, 5.41) is 0. The Balaban J connectivity index is 1.63. The van der Waals surface area contributed by atoms with E-state index in [4.69, 9.17) is 9.72 Å². The summed E-state index contributed by atoms with van der Waals surface area (Å²) >= 11 is 0. The maximum absolute atomic E-state index is 14.8. The lowest BCUT2D eigenvalue weighted by atomic mass is 10.1. The second kappa shape index (κ2) is 8.57. The van der Waals surface area contributed by atoms with Crippen molar-refractivity contribution in [3.63, 3.8) is 0 Å². The van der Waals surface area contributed by atoms with Crippen LogP contribution in [0.2, 0.25) is 0 Å². The maximum atomic E-state index is 14.8. The van der Waals surface area contributed by atoms with Crippen molar-refractivity contribution < 1.29 is 13.5 Å². The molecule has 1 aromatic carbocycles. The Bertz CT molecular complexity index is 1440. The first-order valence-electron chi connectivity index (χ1n) is 11.0. The monoisotopic (exact) mass is 463 g/mol. The molecule has 174 valence electrons. The molecule has 5 rings (SSSR count). The summed E-state index contributed by atoms with van der Waals surface area (Å²) < 4.78 is 34.5. The first-order chi connectivity index (χ1) is 16.3. The zero-order chi connectivity index (χ0) is 24.0. The van der Waals surface area contributed by atoms with E-state index in [-0.39, 0.29) is 23.3 Å². The molecule has 9 heteroatoms. The molecule has 4 aromatic rings. The Kier molecular flexibility index (Phi) is 5.57. The van der Waals surface area contributed by atoms with Gasteiger partial charge < -0.3 is 14.6 Å². The molecule has 1 N–H and O–H groups in total. The Morgan fingerprint density at radius 1 is 1.03 bits per heavy atom. The standard InChI is InChI=1S/C25H23F2N5O2/c1-13-11-32(12-21(34-13)16-4-7-23(33)28-10-16)22-9-20-25(30-15(3)14(2)29-20)24(31-22)18-6-5-17(26)8-19(18)27/h4-10,13,21H,11-12H2,1-3H3,(H,28,33). The van der Waals surface area contributed by atoms with Gasteiger partial charge in [0.25, 0.3) is 0 Å². The van der Waals surface area contributed by atoms with Gasteiger partial charge in [-0.15, -0.1) is 0 Å². The SMILES string of the molecule is Cc1nc2cc(N3CC(C)OC(c4ccc(=O)[nH]c4)C3)nc(-c3ccc(F)cc3F)c2nc1C. The van der Waals surface area contributed by atoms with Crippen LogP contribution in [0.5, 0.6) is 0 Å². The van der Waals surface area contributed by atoms with Crippen molar-refractivity contribution in [3.8, 4) is 11.3 Å². The van der Waals surface area contributed by atoms with Gasteiger partial charge >= 0.3 is 0 Å². The molecule has 0 bridgehead atoms. The molecule has 0 saturated carbocycles. The molecule has 0 spiro atoms. The largest absolute Gasteiger partial charge is 0.367 e. The number of pyridine rings is 2. The number of aromatic nitrogens is 4. The van der Waals surface area contributed by atoms with E-state index in [1.54, 1.807) is 12.3 Å². The number of anilines is 1. The summed E-state index contributed by atoms with van der Waals surface area (Å²) in [6, 6.07) is 8.46. The van der Waals surface area contributed by atoms with E-state index in [0.29, 0.717) is 41.3 Å². The second-order valence-electron chi connectivity index (χ2n) is 8.54. The third kappa shape index (κ3) is 4.14. The number of aryl methyl sites for hydroxylation is 2. The zero-order valence-electron chi connectivity index (χ0n) is 19.0. The lowest BCUT2D eigenvalue weighted by molar-refractivity contribution is -0.0177. The number of hydrogen-bond acceptors (Lipinski definition) is 6. The number of benzene rings is 1. The maximum Gasteiger partial charge on any atom is 0.247 e. The number of morpholine rings is 1. The van der Waals surface area contributed by atoms with Crippen LogP contribution in [0.25, 0.3) is 22.3 Å². The fraction of sp³-hybridized carbons (Fsp3) is 0.280. The molecule has 2 unspecified atom stereocenters. The van der Waals surface area contributed by atoms with Gasteiger partial charge in [0.2, 0.25) is 5.56 Å². The van der Waals surface area contributed by atoms with E-state index in [1.165, 1.54) is 18.2 Å². The van der Waals surface area contributed by atoms with Crippen LogP contribution < -0.4 is 10.5 Å². The summed E-state index contributed by atoms with van der Waals surface area (Å²) in [6.45, 7) is 6.68. The van der Waals surface area contributed by atoms with Crippen LogP contribution in [-0.4, -0.2) is 39.1 Å². The molecular weight excluding hydrogens is 440 g/mol. The quantitative estimate of drug-likeness (QED) is 0.489. The van der Waals surface area contributed by atoms with E-state index in [1.807, 2.05) is 31.7 Å². The smallest absolute Gasteiger partial charge is 0.247 e. The summed E-state index contributed by atoms with van der Waals surface area (Å²) in [4.78, 5) is 30.3. The third-order valence-corrected chi connectivity index (χ3v) is 6.00. The van der Waals surface area contributed by atoms with Crippen molar-refractivity contribution in [2.24, 2.45) is 0 Å². The first-order valence-corrected chi connectivity index (χ1v) is 11.0. The van der Waals surface area contributed by atoms with Crippen LogP contribution in [-0.2, 0) is 4.74 Å². The molecule has 3 aromatic heterocycles. The van der Waals surface area contributed by atoms with Crippen molar-refractivity contribution in [2.45, 2.75) is 33.0 Å². The van der Waals surface area contributed by atoms with Gasteiger partial charge in [-0.05, 0) is 44.5 Å². The number of fused-ring (bicyclic) bond motifs is 1. The van der Waals surface area contributed by atoms with Crippen LogP contribution in [0.4, 0.5) is 14.6 Å². The Morgan fingerprint density at radius 3 is 2.56 bits per heavy atom. The number of halogens is 2. The number of hydrogen-bond donors (Lipinski definition) is 1. The van der Waals surface area contributed by atoms with Crippen LogP contribution in [0.1, 0.15) is 30.0 Å². The average Bonchev–Trinajstić information content (AvgIpc) is 2.79. The summed E-state index contributed by atoms with van der Waals surface area (Å²) in [6.07, 6.45) is 1.23. The molecule has 1 aliphatic rings. The van der Waals surface area contributed by atoms with Gasteiger partial charge in [0.15, 0.2) is 0 Å². The Hall–Kier alpha value is -3.72. The molecule has 4 heterocycles. The molecule has 2 atom stereocenters. The summed E-state index contributed by atoms with van der Waals surface area (Å²) in [5.74, 6) is -0.786. The molecule has 1 fully saturated rings. The first kappa shape index (κ1) is 22.1. The normalized spacial score (nSPS) is 18.4. The highest BCUT2D eigenvalue weighted by Crippen LogP contribution is 2.33. The molecule has 7 nitrogen and oxygen atoms in total. The highest BCUT2D eigenvalue weighted by molar-refractivity contribution is 5.91. The van der Waals surface area contributed by atoms with Crippen LogP contribution >= 0.6 is 0 Å². The van der Waals surface area contributed by atoms with Crippen molar-refractivity contribution in [3.05, 3.63) is 81.5 Å². The Morgan fingerprint density at radius 2 is 1.82 bits per heavy atom. The zero-order valence-corrected chi connectivity index (χ0v) is 19.0. The fourth-order valence-corrected chi connectivity index (χ4v) is 4.19. The molecule has 0 amide bonds. The number of aromatic amines is 1.